The van der Waals surface area contributed by atoms with E-state index in [1.165, 1.54) is 0 Å². The van der Waals surface area contributed by atoms with Gasteiger partial charge in [-0.2, -0.15) is 18.0 Å². The van der Waals surface area contributed by atoms with E-state index in [2.05, 4.69) is 45.5 Å². The molecule has 0 N–H and O–H groups in total. The number of alkyl halides is 7. The molecule has 2 aromatic rings. The number of rotatable bonds is 3. The Morgan fingerprint density at radius 2 is 1.15 bits per heavy atom. The number of thioether (sulfide) groups is 1. The summed E-state index contributed by atoms with van der Waals surface area (Å²) in [5, 5.41) is 0.409. The summed E-state index contributed by atoms with van der Waals surface area (Å²) >= 11 is 43.3. The zero-order valence-corrected chi connectivity index (χ0v) is 27.3. The first-order valence-electron chi connectivity index (χ1n) is 8.00. The molecule has 183 valence electrons. The molecule has 2 rings (SSSR count). The van der Waals surface area contributed by atoms with Crippen LogP contribution >= 0.6 is 97.3 Å². The van der Waals surface area contributed by atoms with Crippen LogP contribution in [0.25, 0.3) is 0 Å². The second-order valence-corrected chi connectivity index (χ2v) is 12.6. The molecule has 2 unspecified atom stereocenters. The van der Waals surface area contributed by atoms with Gasteiger partial charge < -0.3 is 12.6 Å². The number of nitrogens with zero attached hydrogens (tertiary/aromatic N) is 2. The topological polar surface area (TPSA) is 25.8 Å². The van der Waals surface area contributed by atoms with Crippen molar-refractivity contribution < 1.29 is 29.6 Å². The van der Waals surface area contributed by atoms with Crippen LogP contribution in [-0.2, 0) is 20.2 Å². The van der Waals surface area contributed by atoms with Crippen molar-refractivity contribution in [3.8, 4) is 0 Å². The summed E-state index contributed by atoms with van der Waals surface area (Å²) < 4.78 is -2.87. The van der Waals surface area contributed by atoms with E-state index in [1.54, 1.807) is 42.5 Å². The van der Waals surface area contributed by atoms with E-state index in [9.17, 15) is 0 Å². The van der Waals surface area contributed by atoms with Crippen molar-refractivity contribution in [3.05, 3.63) is 59.2 Å². The van der Waals surface area contributed by atoms with Gasteiger partial charge in [0.1, 0.15) is 0 Å². The maximum atomic E-state index is 5.69. The Hall–Kier alpha value is 2.28. The van der Waals surface area contributed by atoms with Crippen molar-refractivity contribution in [2.45, 2.75) is 46.4 Å². The minimum Gasteiger partial charge on any atom is -0.796 e. The number of pyridine rings is 2. The third-order valence-electron chi connectivity index (χ3n) is 3.44. The second-order valence-electron chi connectivity index (χ2n) is 5.44. The fourth-order valence-electron chi connectivity index (χ4n) is 1.76. The van der Waals surface area contributed by atoms with E-state index in [-0.39, 0.29) is 57.7 Å². The zero-order valence-electron chi connectivity index (χ0n) is 17.6. The fourth-order valence-corrected chi connectivity index (χ4v) is 3.11. The molecule has 13 heteroatoms. The molecule has 0 saturated heterocycles. The fraction of sp³-hybridized carbons (Fsp3) is 0.500. The van der Waals surface area contributed by atoms with E-state index < -0.39 is 7.59 Å². The standard InChI is InChI=1S/C9H10Cl3NS.C8H7BrCl3N.CH4S.2CH4.B.Na/c1-6(14-2)7-3-4-8(13-5-7)9(10,11)12;1-5(9)6-2-3-7(13-4-6)8(10,11)12;1-2;;;;/h3-6H,1-2H3;2-5H,1H3;2H,1H3;2*1H4;;/q;;;;;;+1/p-1. The van der Waals surface area contributed by atoms with Gasteiger partial charge >= 0.3 is 29.6 Å². The predicted octanol–water partition coefficient (Wildman–Crippen LogP) is 6.76. The Morgan fingerprint density at radius 3 is 1.36 bits per heavy atom. The van der Waals surface area contributed by atoms with E-state index in [1.807, 2.05) is 25.3 Å². The molecule has 33 heavy (non-hydrogen) atoms. The molecule has 3 radical (unpaired) electrons. The number of hydrogen-bond donors (Lipinski definition) is 0. The van der Waals surface area contributed by atoms with Gasteiger partial charge in [0.15, 0.2) is 0 Å². The molecule has 0 aliphatic rings. The summed E-state index contributed by atoms with van der Waals surface area (Å²) in [6, 6.07) is 7.27. The first-order chi connectivity index (χ1) is 13.4. The Kier molecular flexibility index (Phi) is 30.5. The molecular weight excluding hydrogens is 659 g/mol. The Labute approximate surface area is 272 Å². The molecule has 0 saturated carbocycles. The SMILES string of the molecule is C.C.CC(Br)c1ccc(C(Cl)(Cl)Cl)nc1.CSC(C)c1ccc(C(Cl)(Cl)Cl)nc1.C[S-].[B].[Na+]. The van der Waals surface area contributed by atoms with Crippen molar-refractivity contribution in [2.75, 3.05) is 12.5 Å². The van der Waals surface area contributed by atoms with Gasteiger partial charge in [0.2, 0.25) is 7.59 Å². The van der Waals surface area contributed by atoms with Gasteiger partial charge in [0.05, 0.1) is 11.4 Å². The van der Waals surface area contributed by atoms with Crippen LogP contribution in [0.15, 0.2) is 36.7 Å². The summed E-state index contributed by atoms with van der Waals surface area (Å²) in [6.45, 7) is 4.11. The molecule has 0 aromatic carbocycles. The van der Waals surface area contributed by atoms with Crippen LogP contribution in [-0.4, -0.2) is 30.9 Å². The molecule has 0 aliphatic heterocycles. The Bertz CT molecular complexity index is 718. The monoisotopic (exact) mass is 683 g/mol. The summed E-state index contributed by atoms with van der Waals surface area (Å²) in [6.07, 6.45) is 7.07. The zero-order chi connectivity index (χ0) is 22.8. The molecule has 2 atom stereocenters. The Balaban J connectivity index is -0.000000132. The molecule has 0 bridgehead atoms. The van der Waals surface area contributed by atoms with Gasteiger partial charge in [0, 0.05) is 30.9 Å². The van der Waals surface area contributed by atoms with Crippen molar-refractivity contribution in [2.24, 2.45) is 0 Å². The molecule has 0 spiro atoms. The van der Waals surface area contributed by atoms with Crippen LogP contribution in [0.2, 0.25) is 0 Å². The van der Waals surface area contributed by atoms with Crippen LogP contribution in [0.4, 0.5) is 0 Å². The smallest absolute Gasteiger partial charge is 0.796 e. The average molecular weight is 687 g/mol. The van der Waals surface area contributed by atoms with Crippen LogP contribution in [0.1, 0.15) is 61.3 Å². The van der Waals surface area contributed by atoms with Gasteiger partial charge in [-0.05, 0) is 43.4 Å². The Morgan fingerprint density at radius 1 is 0.818 bits per heavy atom. The maximum absolute atomic E-state index is 5.69. The van der Waals surface area contributed by atoms with Crippen molar-refractivity contribution in [3.63, 3.8) is 0 Å². The summed E-state index contributed by atoms with van der Waals surface area (Å²) in [5.41, 5.74) is 3.09. The number of halogens is 7. The third kappa shape index (κ3) is 18.2. The maximum Gasteiger partial charge on any atom is 1.00 e. The summed E-state index contributed by atoms with van der Waals surface area (Å²) in [4.78, 5) is 8.41. The average Bonchev–Trinajstić information content (AvgIpc) is 2.68. The minimum atomic E-state index is -1.44. The molecule has 0 amide bonds. The van der Waals surface area contributed by atoms with Gasteiger partial charge in [-0.3, -0.25) is 9.97 Å². The van der Waals surface area contributed by atoms with Gasteiger partial charge in [-0.15, -0.1) is 0 Å². The van der Waals surface area contributed by atoms with Crippen molar-refractivity contribution in [1.82, 2.24) is 9.97 Å². The molecule has 0 aliphatic carbocycles. The van der Waals surface area contributed by atoms with Crippen LogP contribution in [0.5, 0.6) is 0 Å². The second kappa shape index (κ2) is 22.3. The van der Waals surface area contributed by atoms with Gasteiger partial charge in [-0.1, -0.05) is 113 Å². The molecule has 0 fully saturated rings. The van der Waals surface area contributed by atoms with Crippen molar-refractivity contribution in [1.29, 1.82) is 0 Å². The minimum absolute atomic E-state index is 0. The van der Waals surface area contributed by atoms with E-state index >= 15 is 0 Å². The summed E-state index contributed by atoms with van der Waals surface area (Å²) in [5.74, 6) is 0. The van der Waals surface area contributed by atoms with Crippen LogP contribution in [0, 0.1) is 0 Å². The van der Waals surface area contributed by atoms with Crippen LogP contribution < -0.4 is 29.6 Å². The van der Waals surface area contributed by atoms with E-state index in [4.69, 9.17) is 69.6 Å². The summed E-state index contributed by atoms with van der Waals surface area (Å²) in [7, 11) is 0. The number of aromatic nitrogens is 2. The number of hydrogen-bond acceptors (Lipinski definition) is 4. The third-order valence-corrected chi connectivity index (χ3v) is 6.11. The van der Waals surface area contributed by atoms with Crippen molar-refractivity contribution >= 4 is 118 Å². The van der Waals surface area contributed by atoms with Gasteiger partial charge in [0.25, 0.3) is 0 Å². The largest absolute Gasteiger partial charge is 1.00 e. The first kappa shape index (κ1) is 45.2. The molecule has 2 aromatic heterocycles. The van der Waals surface area contributed by atoms with E-state index in [0.717, 1.165) is 11.1 Å². The van der Waals surface area contributed by atoms with Gasteiger partial charge in [-0.25, -0.2) is 0 Å². The molecular formula is C20H28BBrCl6N2NaS2. The predicted molar refractivity (Wildman–Crippen MR) is 159 cm³/mol. The quantitative estimate of drug-likeness (QED) is 0.203. The van der Waals surface area contributed by atoms with E-state index in [0.29, 0.717) is 16.6 Å². The molecule has 2 nitrogen and oxygen atoms in total. The van der Waals surface area contributed by atoms with Crippen LogP contribution in [0.3, 0.4) is 0 Å². The molecule has 2 heterocycles. The first-order valence-corrected chi connectivity index (χ1v) is 13.3. The normalized spacial score (nSPS) is 11.8.